The van der Waals surface area contributed by atoms with E-state index in [9.17, 15) is 4.79 Å². The number of aldehydes is 1. The summed E-state index contributed by atoms with van der Waals surface area (Å²) in [5.74, 6) is 0. The van der Waals surface area contributed by atoms with Crippen LogP contribution in [0.3, 0.4) is 0 Å². The van der Waals surface area contributed by atoms with Gasteiger partial charge in [-0.25, -0.2) is 0 Å². The number of carbonyl (C=O) groups excluding carboxylic acids is 1. The molecule has 0 N–H and O–H groups in total. The number of hydrogen-bond acceptors (Lipinski definition) is 3. The Labute approximate surface area is 65.7 Å². The minimum absolute atomic E-state index is 0.468. The lowest BCUT2D eigenvalue weighted by Crippen LogP contribution is -2.08. The summed E-state index contributed by atoms with van der Waals surface area (Å²) in [5, 5.41) is 0. The zero-order valence-electron chi connectivity index (χ0n) is 6.61. The SMILES string of the molecule is CN(C)c1ccc(C=O)nc1. The van der Waals surface area contributed by atoms with Crippen molar-refractivity contribution in [1.29, 1.82) is 0 Å². The number of rotatable bonds is 2. The molecule has 0 aliphatic carbocycles. The van der Waals surface area contributed by atoms with Crippen LogP contribution >= 0.6 is 0 Å². The second-order valence-corrected chi connectivity index (χ2v) is 2.45. The third-order valence-electron chi connectivity index (χ3n) is 1.41. The molecule has 0 spiro atoms. The van der Waals surface area contributed by atoms with Crippen LogP contribution in [0, 0.1) is 0 Å². The second kappa shape index (κ2) is 3.14. The molecule has 0 aliphatic heterocycles. The molecule has 1 heterocycles. The standard InChI is InChI=1S/C8H10N2O/c1-10(2)8-4-3-7(6-11)9-5-8/h3-6H,1-2H3. The molecule has 0 aromatic carbocycles. The lowest BCUT2D eigenvalue weighted by Gasteiger charge is -2.10. The van der Waals surface area contributed by atoms with Gasteiger partial charge in [0.1, 0.15) is 5.69 Å². The summed E-state index contributed by atoms with van der Waals surface area (Å²) in [6.07, 6.45) is 2.41. The minimum Gasteiger partial charge on any atom is -0.376 e. The number of carbonyl (C=O) groups is 1. The fourth-order valence-electron chi connectivity index (χ4n) is 0.732. The van der Waals surface area contributed by atoms with Crippen molar-refractivity contribution >= 4 is 12.0 Å². The van der Waals surface area contributed by atoms with Crippen LogP contribution in [0.5, 0.6) is 0 Å². The molecule has 1 rings (SSSR count). The zero-order chi connectivity index (χ0) is 8.27. The molecule has 11 heavy (non-hydrogen) atoms. The van der Waals surface area contributed by atoms with Crippen molar-refractivity contribution in [3.8, 4) is 0 Å². The molecule has 0 fully saturated rings. The molecule has 1 aromatic rings. The second-order valence-electron chi connectivity index (χ2n) is 2.45. The fourth-order valence-corrected chi connectivity index (χ4v) is 0.732. The summed E-state index contributed by atoms with van der Waals surface area (Å²) in [4.78, 5) is 16.1. The van der Waals surface area contributed by atoms with E-state index in [2.05, 4.69) is 4.98 Å². The quantitative estimate of drug-likeness (QED) is 0.589. The number of aromatic nitrogens is 1. The third kappa shape index (κ3) is 1.77. The predicted molar refractivity (Wildman–Crippen MR) is 44.0 cm³/mol. The van der Waals surface area contributed by atoms with Crippen LogP contribution in [0.1, 0.15) is 10.5 Å². The third-order valence-corrected chi connectivity index (χ3v) is 1.41. The van der Waals surface area contributed by atoms with Gasteiger partial charge in [0.05, 0.1) is 11.9 Å². The number of anilines is 1. The Kier molecular flexibility index (Phi) is 2.21. The largest absolute Gasteiger partial charge is 0.376 e. The Bertz CT molecular complexity index is 241. The van der Waals surface area contributed by atoms with Crippen molar-refractivity contribution in [1.82, 2.24) is 4.98 Å². The first-order valence-electron chi connectivity index (χ1n) is 3.32. The summed E-state index contributed by atoms with van der Waals surface area (Å²) in [5.41, 5.74) is 1.46. The molecule has 0 radical (unpaired) electrons. The van der Waals surface area contributed by atoms with Gasteiger partial charge in [-0.1, -0.05) is 0 Å². The van der Waals surface area contributed by atoms with Crippen LogP contribution in [-0.4, -0.2) is 25.4 Å². The van der Waals surface area contributed by atoms with Crippen molar-refractivity contribution in [3.05, 3.63) is 24.0 Å². The minimum atomic E-state index is 0.468. The first kappa shape index (κ1) is 7.72. The van der Waals surface area contributed by atoms with Gasteiger partial charge in [-0.15, -0.1) is 0 Å². The normalized spacial score (nSPS) is 9.27. The van der Waals surface area contributed by atoms with Gasteiger partial charge < -0.3 is 4.90 Å². The van der Waals surface area contributed by atoms with Crippen LogP contribution < -0.4 is 4.90 Å². The maximum Gasteiger partial charge on any atom is 0.168 e. The summed E-state index contributed by atoms with van der Waals surface area (Å²) in [6, 6.07) is 3.55. The van der Waals surface area contributed by atoms with E-state index in [1.54, 1.807) is 12.3 Å². The fraction of sp³-hybridized carbons (Fsp3) is 0.250. The van der Waals surface area contributed by atoms with Gasteiger partial charge in [-0.2, -0.15) is 0 Å². The molecule has 0 unspecified atom stereocenters. The van der Waals surface area contributed by atoms with E-state index in [0.29, 0.717) is 5.69 Å². The average molecular weight is 150 g/mol. The molecule has 3 nitrogen and oxygen atoms in total. The van der Waals surface area contributed by atoms with Crippen LogP contribution in [0.25, 0.3) is 0 Å². The van der Waals surface area contributed by atoms with E-state index in [1.807, 2.05) is 25.1 Å². The van der Waals surface area contributed by atoms with E-state index >= 15 is 0 Å². The molecule has 0 atom stereocenters. The average Bonchev–Trinajstić information content (AvgIpc) is 2.05. The van der Waals surface area contributed by atoms with Crippen molar-refractivity contribution in [2.45, 2.75) is 0 Å². The molecule has 0 saturated heterocycles. The maximum absolute atomic E-state index is 10.2. The van der Waals surface area contributed by atoms with Gasteiger partial charge in [0, 0.05) is 14.1 Å². The maximum atomic E-state index is 10.2. The molecule has 0 bridgehead atoms. The topological polar surface area (TPSA) is 33.2 Å². The van der Waals surface area contributed by atoms with E-state index in [-0.39, 0.29) is 0 Å². The van der Waals surface area contributed by atoms with Crippen LogP contribution in [0.2, 0.25) is 0 Å². The van der Waals surface area contributed by atoms with Gasteiger partial charge in [0.2, 0.25) is 0 Å². The summed E-state index contributed by atoms with van der Waals surface area (Å²) < 4.78 is 0. The molecule has 0 aliphatic rings. The Balaban J connectivity index is 2.91. The Morgan fingerprint density at radius 1 is 1.45 bits per heavy atom. The van der Waals surface area contributed by atoms with Gasteiger partial charge in [0.15, 0.2) is 6.29 Å². The van der Waals surface area contributed by atoms with Gasteiger partial charge in [-0.05, 0) is 12.1 Å². The lowest BCUT2D eigenvalue weighted by atomic mass is 10.3. The summed E-state index contributed by atoms with van der Waals surface area (Å²) in [6.45, 7) is 0. The highest BCUT2D eigenvalue weighted by molar-refractivity contribution is 5.72. The molecule has 0 amide bonds. The van der Waals surface area contributed by atoms with Gasteiger partial charge in [-0.3, -0.25) is 9.78 Å². The highest BCUT2D eigenvalue weighted by Gasteiger charge is 1.94. The monoisotopic (exact) mass is 150 g/mol. The molecule has 1 aromatic heterocycles. The first-order chi connectivity index (χ1) is 5.24. The van der Waals surface area contributed by atoms with Crippen LogP contribution in [0.4, 0.5) is 5.69 Å². The highest BCUT2D eigenvalue weighted by Crippen LogP contribution is 2.07. The smallest absolute Gasteiger partial charge is 0.168 e. The molecule has 0 saturated carbocycles. The molecular weight excluding hydrogens is 140 g/mol. The van der Waals surface area contributed by atoms with Gasteiger partial charge >= 0.3 is 0 Å². The Morgan fingerprint density at radius 2 is 2.18 bits per heavy atom. The van der Waals surface area contributed by atoms with Crippen molar-refractivity contribution in [3.63, 3.8) is 0 Å². The number of pyridine rings is 1. The highest BCUT2D eigenvalue weighted by atomic mass is 16.1. The van der Waals surface area contributed by atoms with E-state index in [1.165, 1.54) is 0 Å². The summed E-state index contributed by atoms with van der Waals surface area (Å²) in [7, 11) is 3.86. The first-order valence-corrected chi connectivity index (χ1v) is 3.32. The molecule has 3 heteroatoms. The predicted octanol–water partition coefficient (Wildman–Crippen LogP) is 0.960. The van der Waals surface area contributed by atoms with Crippen molar-refractivity contribution < 1.29 is 4.79 Å². The Morgan fingerprint density at radius 3 is 2.55 bits per heavy atom. The lowest BCUT2D eigenvalue weighted by molar-refractivity contribution is 0.111. The van der Waals surface area contributed by atoms with Crippen molar-refractivity contribution in [2.24, 2.45) is 0 Å². The zero-order valence-corrected chi connectivity index (χ0v) is 6.61. The van der Waals surface area contributed by atoms with Crippen molar-refractivity contribution in [2.75, 3.05) is 19.0 Å². The van der Waals surface area contributed by atoms with E-state index in [4.69, 9.17) is 0 Å². The summed E-state index contributed by atoms with van der Waals surface area (Å²) >= 11 is 0. The molecular formula is C8H10N2O. The number of nitrogens with zero attached hydrogens (tertiary/aromatic N) is 2. The van der Waals surface area contributed by atoms with Crippen LogP contribution in [-0.2, 0) is 0 Å². The number of hydrogen-bond donors (Lipinski definition) is 0. The van der Waals surface area contributed by atoms with Gasteiger partial charge in [0.25, 0.3) is 0 Å². The van der Waals surface area contributed by atoms with E-state index in [0.717, 1.165) is 12.0 Å². The van der Waals surface area contributed by atoms with E-state index < -0.39 is 0 Å². The van der Waals surface area contributed by atoms with Crippen LogP contribution in [0.15, 0.2) is 18.3 Å². The Hall–Kier alpha value is -1.38. The molecule has 58 valence electrons.